The molecule has 1 rings (SSSR count). The van der Waals surface area contributed by atoms with Gasteiger partial charge in [-0.2, -0.15) is 0 Å². The average molecular weight is 169 g/mol. The lowest BCUT2D eigenvalue weighted by atomic mass is 10.2. The molecule has 0 aliphatic carbocycles. The summed E-state index contributed by atoms with van der Waals surface area (Å²) >= 11 is 0. The van der Waals surface area contributed by atoms with Crippen molar-refractivity contribution in [3.05, 3.63) is 27.9 Å². The first-order chi connectivity index (χ1) is 5.70. The van der Waals surface area contributed by atoms with Gasteiger partial charge in [-0.3, -0.25) is 4.79 Å². The molecule has 0 aromatic carbocycles. The van der Waals surface area contributed by atoms with Gasteiger partial charge in [0.25, 0.3) is 0 Å². The first-order valence-electron chi connectivity index (χ1n) is 4.05. The maximum Gasteiger partial charge on any atom is 0.347 e. The lowest BCUT2D eigenvalue weighted by molar-refractivity contribution is -0.395. The molecule has 0 saturated carbocycles. The monoisotopic (exact) mass is 169 g/mol. The number of hydrogen-bond acceptors (Lipinski definition) is 2. The number of nitrogens with one attached hydrogen (secondary N) is 1. The first-order valence-corrected chi connectivity index (χ1v) is 4.05. The van der Waals surface area contributed by atoms with Crippen LogP contribution in [0.3, 0.4) is 0 Å². The second-order valence-corrected chi connectivity index (χ2v) is 2.57. The fourth-order valence-corrected chi connectivity index (χ4v) is 1.22. The second kappa shape index (κ2) is 3.38. The highest BCUT2D eigenvalue weighted by Crippen LogP contribution is 1.99. The fourth-order valence-electron chi connectivity index (χ4n) is 1.22. The molecule has 0 aliphatic rings. The lowest BCUT2D eigenvalue weighted by Gasteiger charge is -2.02. The van der Waals surface area contributed by atoms with Gasteiger partial charge in [-0.25, -0.2) is 4.98 Å². The summed E-state index contributed by atoms with van der Waals surface area (Å²) in [6, 6.07) is 0. The second-order valence-electron chi connectivity index (χ2n) is 2.57. The van der Waals surface area contributed by atoms with Gasteiger partial charge in [0.05, 0.1) is 0 Å². The summed E-state index contributed by atoms with van der Waals surface area (Å²) in [5, 5.41) is 9.29. The number of aromatic nitrogens is 2. The van der Waals surface area contributed by atoms with Gasteiger partial charge in [0.2, 0.25) is 11.9 Å². The van der Waals surface area contributed by atoms with Crippen molar-refractivity contribution in [1.82, 2.24) is 4.73 Å². The van der Waals surface area contributed by atoms with Crippen LogP contribution < -0.4 is 10.5 Å². The third-order valence-corrected chi connectivity index (χ3v) is 1.87. The number of aryl methyl sites for hydroxylation is 1. The minimum atomic E-state index is -0.413. The molecule has 2 N–H and O–H groups in total. The average Bonchev–Trinajstić information content (AvgIpc) is 2.09. The Morgan fingerprint density at radius 3 is 2.67 bits per heavy atom. The van der Waals surface area contributed by atoms with Gasteiger partial charge < -0.3 is 5.21 Å². The quantitative estimate of drug-likeness (QED) is 0.635. The Bertz CT molecular complexity index is 330. The molecule has 1 aromatic rings. The topological polar surface area (TPSA) is 56.4 Å². The fraction of sp³-hybridized carbons (Fsp3) is 0.500. The highest BCUT2D eigenvalue weighted by molar-refractivity contribution is 5.05. The molecule has 1 heterocycles. The molecule has 0 unspecified atom stereocenters. The first kappa shape index (κ1) is 8.77. The van der Waals surface area contributed by atoms with E-state index in [9.17, 15) is 10.0 Å². The Morgan fingerprint density at radius 2 is 2.17 bits per heavy atom. The Morgan fingerprint density at radius 1 is 1.50 bits per heavy atom. The molecule has 0 atom stereocenters. The Kier molecular flexibility index (Phi) is 2.47. The van der Waals surface area contributed by atoms with Crippen LogP contribution in [0.1, 0.15) is 25.2 Å². The van der Waals surface area contributed by atoms with Gasteiger partial charge in [-0.15, -0.1) is 4.73 Å². The molecule has 0 fully saturated rings. The van der Waals surface area contributed by atoms with Crippen molar-refractivity contribution in [2.45, 2.75) is 26.7 Å². The van der Waals surface area contributed by atoms with Crippen molar-refractivity contribution in [2.24, 2.45) is 0 Å². The zero-order valence-corrected chi connectivity index (χ0v) is 7.29. The molecule has 0 spiro atoms. The van der Waals surface area contributed by atoms with E-state index in [0.717, 1.165) is 12.1 Å². The van der Waals surface area contributed by atoms with Crippen LogP contribution in [-0.4, -0.2) is 9.94 Å². The normalized spacial score (nSPS) is 10.2. The van der Waals surface area contributed by atoms with Crippen molar-refractivity contribution in [3.8, 4) is 0 Å². The molecule has 66 valence electrons. The van der Waals surface area contributed by atoms with Crippen LogP contribution in [0.2, 0.25) is 0 Å². The van der Waals surface area contributed by atoms with Crippen molar-refractivity contribution in [2.75, 3.05) is 0 Å². The highest BCUT2D eigenvalue weighted by Gasteiger charge is 2.12. The van der Waals surface area contributed by atoms with Crippen LogP contribution in [0, 0.1) is 0 Å². The van der Waals surface area contributed by atoms with Crippen molar-refractivity contribution < 1.29 is 10.2 Å². The van der Waals surface area contributed by atoms with E-state index in [0.29, 0.717) is 16.8 Å². The Balaban J connectivity index is 3.35. The van der Waals surface area contributed by atoms with Gasteiger partial charge in [0.15, 0.2) is 0 Å². The van der Waals surface area contributed by atoms with Crippen molar-refractivity contribution in [1.29, 1.82) is 0 Å². The molecule has 0 aliphatic heterocycles. The lowest BCUT2D eigenvalue weighted by Crippen LogP contribution is -2.30. The van der Waals surface area contributed by atoms with Crippen LogP contribution in [-0.2, 0) is 12.8 Å². The summed E-state index contributed by atoms with van der Waals surface area (Å²) < 4.78 is 0.704. The standard InChI is InChI=1S/C8H12N2O2/c1-3-6-7(4-2)10(12)8(11)5-9-6/h5,12H,3-4H2,1-2H3/p+1. The van der Waals surface area contributed by atoms with Gasteiger partial charge in [-0.05, 0) is 6.42 Å². The summed E-state index contributed by atoms with van der Waals surface area (Å²) in [6.45, 7) is 3.87. The minimum absolute atomic E-state index is 0.413. The van der Waals surface area contributed by atoms with Crippen LogP contribution >= 0.6 is 0 Å². The van der Waals surface area contributed by atoms with Crippen molar-refractivity contribution >= 4 is 0 Å². The molecule has 4 nitrogen and oxygen atoms in total. The third kappa shape index (κ3) is 1.32. The number of nitrogens with zero attached hydrogens (tertiary/aromatic N) is 1. The molecular weight excluding hydrogens is 156 g/mol. The van der Waals surface area contributed by atoms with E-state index in [1.165, 1.54) is 6.20 Å². The highest BCUT2D eigenvalue weighted by atomic mass is 16.5. The van der Waals surface area contributed by atoms with Gasteiger partial charge in [0, 0.05) is 6.42 Å². The van der Waals surface area contributed by atoms with Crippen LogP contribution in [0.4, 0.5) is 0 Å². The van der Waals surface area contributed by atoms with E-state index in [4.69, 9.17) is 0 Å². The molecule has 12 heavy (non-hydrogen) atoms. The SMILES string of the molecule is CCc1[nH+]cc(=O)n(O)c1CC. The minimum Gasteiger partial charge on any atom is -0.425 e. The largest absolute Gasteiger partial charge is 0.425 e. The predicted molar refractivity (Wildman–Crippen MR) is 43.2 cm³/mol. The molecule has 1 aromatic heterocycles. The molecule has 4 heteroatoms. The van der Waals surface area contributed by atoms with E-state index in [-0.39, 0.29) is 0 Å². The number of aromatic amines is 1. The third-order valence-electron chi connectivity index (χ3n) is 1.87. The molecule has 0 bridgehead atoms. The molecular formula is C8H13N2O2+. The summed E-state index contributed by atoms with van der Waals surface area (Å²) in [5.74, 6) is 0. The Labute approximate surface area is 70.5 Å². The Hall–Kier alpha value is -1.32. The van der Waals surface area contributed by atoms with Crippen molar-refractivity contribution in [3.63, 3.8) is 0 Å². The summed E-state index contributed by atoms with van der Waals surface area (Å²) in [5.41, 5.74) is 1.15. The number of rotatable bonds is 2. The number of H-pyrrole nitrogens is 1. The summed E-state index contributed by atoms with van der Waals surface area (Å²) in [4.78, 5) is 13.8. The zero-order chi connectivity index (χ0) is 9.14. The van der Waals surface area contributed by atoms with E-state index in [1.807, 2.05) is 13.8 Å². The zero-order valence-electron chi connectivity index (χ0n) is 7.29. The predicted octanol–water partition coefficient (Wildman–Crippen LogP) is 0.0245. The number of hydrogen-bond donors (Lipinski definition) is 1. The van der Waals surface area contributed by atoms with E-state index < -0.39 is 5.56 Å². The van der Waals surface area contributed by atoms with Gasteiger partial charge in [-0.1, -0.05) is 13.8 Å². The summed E-state index contributed by atoms with van der Waals surface area (Å²) in [7, 11) is 0. The molecule has 0 amide bonds. The summed E-state index contributed by atoms with van der Waals surface area (Å²) in [6.07, 6.45) is 2.69. The van der Waals surface area contributed by atoms with Crippen LogP contribution in [0.15, 0.2) is 11.0 Å². The van der Waals surface area contributed by atoms with Crippen LogP contribution in [0.25, 0.3) is 0 Å². The van der Waals surface area contributed by atoms with E-state index >= 15 is 0 Å². The smallest absolute Gasteiger partial charge is 0.347 e. The van der Waals surface area contributed by atoms with Crippen LogP contribution in [0.5, 0.6) is 0 Å². The maximum atomic E-state index is 10.9. The van der Waals surface area contributed by atoms with E-state index in [1.54, 1.807) is 0 Å². The van der Waals surface area contributed by atoms with Gasteiger partial charge in [0.1, 0.15) is 5.69 Å². The van der Waals surface area contributed by atoms with E-state index in [2.05, 4.69) is 4.98 Å². The molecule has 0 saturated heterocycles. The maximum absolute atomic E-state index is 10.9. The van der Waals surface area contributed by atoms with Gasteiger partial charge >= 0.3 is 5.56 Å². The molecule has 0 radical (unpaired) electrons.